The van der Waals surface area contributed by atoms with E-state index in [9.17, 15) is 4.79 Å². The maximum Gasteiger partial charge on any atom is 0.329 e. The first kappa shape index (κ1) is 17.3. The summed E-state index contributed by atoms with van der Waals surface area (Å²) in [6, 6.07) is 4.21. The molecule has 0 aliphatic carbocycles. The van der Waals surface area contributed by atoms with Gasteiger partial charge in [-0.2, -0.15) is 5.10 Å². The number of pyridine rings is 3. The van der Waals surface area contributed by atoms with Gasteiger partial charge in [0, 0.05) is 35.6 Å². The molecule has 0 amide bonds. The summed E-state index contributed by atoms with van der Waals surface area (Å²) in [5.74, 6) is 0. The summed E-state index contributed by atoms with van der Waals surface area (Å²) in [4.78, 5) is 26.8. The monoisotopic (exact) mass is 400 g/mol. The molecule has 0 atom stereocenters. The van der Waals surface area contributed by atoms with Gasteiger partial charge >= 0.3 is 5.69 Å². The van der Waals surface area contributed by atoms with E-state index in [1.54, 1.807) is 29.4 Å². The Labute approximate surface area is 170 Å². The van der Waals surface area contributed by atoms with Crippen molar-refractivity contribution in [1.29, 1.82) is 0 Å². The van der Waals surface area contributed by atoms with Gasteiger partial charge < -0.3 is 5.32 Å². The van der Waals surface area contributed by atoms with E-state index < -0.39 is 0 Å². The number of hydrogen-bond acceptors (Lipinski definition) is 6. The Morgan fingerprint density at radius 1 is 1.03 bits per heavy atom. The molecule has 0 spiro atoms. The van der Waals surface area contributed by atoms with Crippen molar-refractivity contribution in [3.63, 3.8) is 0 Å². The first-order chi connectivity index (χ1) is 14.7. The van der Waals surface area contributed by atoms with Gasteiger partial charge in [0.2, 0.25) is 0 Å². The number of aromatic amines is 1. The molecule has 0 bridgehead atoms. The van der Waals surface area contributed by atoms with Crippen molar-refractivity contribution in [2.75, 3.05) is 13.1 Å². The number of nitrogens with one attached hydrogen (secondary N) is 2. The van der Waals surface area contributed by atoms with E-state index in [0.717, 1.165) is 70.2 Å². The topological polar surface area (TPSA) is 106 Å². The molecular formula is C21H20N8O. The van der Waals surface area contributed by atoms with E-state index in [1.165, 1.54) is 0 Å². The fourth-order valence-corrected chi connectivity index (χ4v) is 4.47. The lowest BCUT2D eigenvalue weighted by Gasteiger charge is -2.24. The average Bonchev–Trinajstić information content (AvgIpc) is 3.36. The number of aromatic nitrogens is 7. The molecule has 30 heavy (non-hydrogen) atoms. The highest BCUT2D eigenvalue weighted by atomic mass is 16.1. The van der Waals surface area contributed by atoms with E-state index in [1.807, 2.05) is 23.7 Å². The Kier molecular flexibility index (Phi) is 3.72. The van der Waals surface area contributed by atoms with E-state index in [4.69, 9.17) is 0 Å². The maximum atomic E-state index is 13.1. The second kappa shape index (κ2) is 6.46. The molecule has 0 saturated carbocycles. The first-order valence-corrected chi connectivity index (χ1v) is 10.1. The van der Waals surface area contributed by atoms with E-state index >= 15 is 0 Å². The molecule has 5 aromatic heterocycles. The molecule has 150 valence electrons. The van der Waals surface area contributed by atoms with Gasteiger partial charge in [-0.1, -0.05) is 0 Å². The van der Waals surface area contributed by atoms with Gasteiger partial charge in [0.25, 0.3) is 0 Å². The third-order valence-electron chi connectivity index (χ3n) is 6.06. The van der Waals surface area contributed by atoms with Crippen LogP contribution < -0.4 is 11.0 Å². The maximum absolute atomic E-state index is 13.1. The highest BCUT2D eigenvalue weighted by molar-refractivity contribution is 6.03. The molecule has 1 aliphatic rings. The van der Waals surface area contributed by atoms with Gasteiger partial charge in [0.15, 0.2) is 5.65 Å². The number of aryl methyl sites for hydroxylation is 1. The third-order valence-corrected chi connectivity index (χ3v) is 6.06. The van der Waals surface area contributed by atoms with Crippen LogP contribution in [0.1, 0.15) is 18.9 Å². The zero-order chi connectivity index (χ0) is 20.2. The van der Waals surface area contributed by atoms with Crippen molar-refractivity contribution in [3.8, 4) is 11.3 Å². The Morgan fingerprint density at radius 2 is 1.90 bits per heavy atom. The van der Waals surface area contributed by atoms with Crippen LogP contribution in [0.5, 0.6) is 0 Å². The van der Waals surface area contributed by atoms with Crippen LogP contribution in [0.25, 0.3) is 44.2 Å². The predicted molar refractivity (Wildman–Crippen MR) is 114 cm³/mol. The quantitative estimate of drug-likeness (QED) is 0.470. The van der Waals surface area contributed by atoms with Crippen LogP contribution in [0.3, 0.4) is 0 Å². The summed E-state index contributed by atoms with van der Waals surface area (Å²) in [5.41, 5.74) is 4.98. The van der Waals surface area contributed by atoms with Gasteiger partial charge in [0.1, 0.15) is 0 Å². The van der Waals surface area contributed by atoms with E-state index in [-0.39, 0.29) is 11.7 Å². The second-order valence-electron chi connectivity index (χ2n) is 7.80. The van der Waals surface area contributed by atoms with Crippen LogP contribution in [-0.2, 0) is 7.05 Å². The van der Waals surface area contributed by atoms with Crippen LogP contribution in [0.15, 0.2) is 41.7 Å². The van der Waals surface area contributed by atoms with Gasteiger partial charge in [-0.3, -0.25) is 24.2 Å². The molecular weight excluding hydrogens is 380 g/mol. The van der Waals surface area contributed by atoms with Crippen LogP contribution in [0.2, 0.25) is 0 Å². The zero-order valence-corrected chi connectivity index (χ0v) is 16.5. The lowest BCUT2D eigenvalue weighted by molar-refractivity contribution is 0.366. The summed E-state index contributed by atoms with van der Waals surface area (Å²) in [6.07, 6.45) is 8.94. The fourth-order valence-electron chi connectivity index (χ4n) is 4.47. The van der Waals surface area contributed by atoms with Gasteiger partial charge in [-0.15, -0.1) is 0 Å². The Hall–Kier alpha value is -3.59. The third kappa shape index (κ3) is 2.48. The smallest absolute Gasteiger partial charge is 0.317 e. The minimum atomic E-state index is 0.00560. The molecule has 0 radical (unpaired) electrons. The second-order valence-corrected chi connectivity index (χ2v) is 7.80. The van der Waals surface area contributed by atoms with Gasteiger partial charge in [-0.25, -0.2) is 9.78 Å². The van der Waals surface area contributed by atoms with Gasteiger partial charge in [0.05, 0.1) is 40.8 Å². The minimum absolute atomic E-state index is 0.00560. The summed E-state index contributed by atoms with van der Waals surface area (Å²) < 4.78 is 3.66. The normalized spacial score (nSPS) is 15.5. The lowest BCUT2D eigenvalue weighted by atomic mass is 10.1. The standard InChI is InChI=1S/C21H20N8O/c1-28-18-11-24-17-10-23-16(12-6-13-9-26-27-20(13)25-8-12)7-15(17)19(18)29(21(28)30)14-2-4-22-5-3-14/h6-11,14,22H,2-5H2,1H3,(H,25,26,27). The number of hydrogen-bond donors (Lipinski definition) is 2. The molecule has 2 N–H and O–H groups in total. The molecule has 9 heteroatoms. The van der Waals surface area contributed by atoms with Crippen molar-refractivity contribution in [3.05, 3.63) is 47.4 Å². The molecule has 1 fully saturated rings. The van der Waals surface area contributed by atoms with Crippen LogP contribution in [0, 0.1) is 0 Å². The predicted octanol–water partition coefficient (Wildman–Crippen LogP) is 2.15. The largest absolute Gasteiger partial charge is 0.329 e. The molecule has 5 aromatic rings. The highest BCUT2D eigenvalue weighted by Crippen LogP contribution is 2.30. The molecule has 0 unspecified atom stereocenters. The number of H-pyrrole nitrogens is 1. The Balaban J connectivity index is 1.62. The van der Waals surface area contributed by atoms with Crippen molar-refractivity contribution >= 4 is 33.0 Å². The van der Waals surface area contributed by atoms with Crippen LogP contribution in [0.4, 0.5) is 0 Å². The average molecular weight is 400 g/mol. The highest BCUT2D eigenvalue weighted by Gasteiger charge is 2.23. The minimum Gasteiger partial charge on any atom is -0.317 e. The number of nitrogens with zero attached hydrogens (tertiary/aromatic N) is 6. The number of rotatable bonds is 2. The summed E-state index contributed by atoms with van der Waals surface area (Å²) in [6.45, 7) is 1.83. The number of imidazole rings is 1. The van der Waals surface area contributed by atoms with Gasteiger partial charge in [-0.05, 0) is 38.1 Å². The Bertz CT molecular complexity index is 1470. The summed E-state index contributed by atoms with van der Waals surface area (Å²) in [7, 11) is 1.81. The molecule has 6 rings (SSSR count). The van der Waals surface area contributed by atoms with Crippen molar-refractivity contribution in [2.45, 2.75) is 18.9 Å². The summed E-state index contributed by atoms with van der Waals surface area (Å²) >= 11 is 0. The molecule has 0 aromatic carbocycles. The summed E-state index contributed by atoms with van der Waals surface area (Å²) in [5, 5.41) is 12.1. The molecule has 1 aliphatic heterocycles. The SMILES string of the molecule is Cn1c(=O)n(C2CCNCC2)c2c3cc(-c4cnc5[nH]ncc5c4)ncc3ncc21. The first-order valence-electron chi connectivity index (χ1n) is 10.1. The molecule has 6 heterocycles. The van der Waals surface area contributed by atoms with Crippen LogP contribution in [-0.4, -0.2) is 47.4 Å². The van der Waals surface area contributed by atoms with Crippen molar-refractivity contribution < 1.29 is 0 Å². The fraction of sp³-hybridized carbons (Fsp3) is 0.286. The number of piperidine rings is 1. The molecule has 9 nitrogen and oxygen atoms in total. The number of fused-ring (bicyclic) bond motifs is 4. The van der Waals surface area contributed by atoms with Crippen molar-refractivity contribution in [1.82, 2.24) is 39.6 Å². The van der Waals surface area contributed by atoms with Crippen LogP contribution >= 0.6 is 0 Å². The van der Waals surface area contributed by atoms with Crippen molar-refractivity contribution in [2.24, 2.45) is 7.05 Å². The van der Waals surface area contributed by atoms with E-state index in [0.29, 0.717) is 0 Å². The van der Waals surface area contributed by atoms with E-state index in [2.05, 4.69) is 30.5 Å². The Morgan fingerprint density at radius 3 is 2.77 bits per heavy atom. The zero-order valence-electron chi connectivity index (χ0n) is 16.5. The molecule has 1 saturated heterocycles. The lowest BCUT2D eigenvalue weighted by Crippen LogP contribution is -2.34.